The van der Waals surface area contributed by atoms with Gasteiger partial charge in [0.15, 0.2) is 24.8 Å². The van der Waals surface area contributed by atoms with Gasteiger partial charge in [0.1, 0.15) is 42.7 Å². The number of esters is 4. The summed E-state index contributed by atoms with van der Waals surface area (Å²) in [5.74, 6) is -4.57. The summed E-state index contributed by atoms with van der Waals surface area (Å²) < 4.78 is 62.3. The molecule has 0 bridgehead atoms. The molecular formula is C96H181N2O22P. The maximum Gasteiger partial charge on any atom is 0.470 e. The number of aliphatic hydroxyl groups excluding tert-OH is 5. The lowest BCUT2D eigenvalue weighted by Gasteiger charge is -2.46. The number of hydrogen-bond donors (Lipinski definition) is 9. The summed E-state index contributed by atoms with van der Waals surface area (Å²) in [5, 5.41) is 62.6. The standard InChI is InChI=1S/C96H181N2O22P/c1-7-13-19-25-31-37-39-45-51-57-63-69-85(104)114-79(67-61-55-49-43-35-29-23-17-11-5)73-84(103)98-90-94(119-88(107)74-80(68-62-56-50-44-36-30-24-18-12-6)115-86(105)70-64-58-52-46-40-38-32-26-20-14-8-2)93(120-121(110,111)112)81(75-99)117-96(90)113-76-82-92(118-87(106)72-78(101)66-60-54-48-42-34-28-22-16-10-4)89(91(108)95(109)116-82)97-83(102)71-77(100)65-59-53-47-41-33-27-21-15-9-3/h77-82,89-96,99-101,108-109H,7-76H2,1-6H3,(H,97,102)(H,98,103)(H2,110,111,112)/t77-,78-,79-,80-,81-,82-,89?,90-,91-,92+,93+,94-,95+,96-/m1/s1. The molecule has 2 aliphatic rings. The molecule has 24 nitrogen and oxygen atoms in total. The van der Waals surface area contributed by atoms with Gasteiger partial charge in [-0.05, 0) is 51.4 Å². The molecule has 0 radical (unpaired) electrons. The molecule has 1 unspecified atom stereocenters. The first-order chi connectivity index (χ1) is 58.6. The van der Waals surface area contributed by atoms with E-state index in [1.807, 2.05) is 0 Å². The van der Waals surface area contributed by atoms with Crippen LogP contribution in [0.3, 0.4) is 0 Å². The zero-order chi connectivity index (χ0) is 88.6. The fourth-order valence-electron chi connectivity index (χ4n) is 16.8. The van der Waals surface area contributed by atoms with Crippen molar-refractivity contribution in [3.8, 4) is 0 Å². The summed E-state index contributed by atoms with van der Waals surface area (Å²) in [4.78, 5) is 108. The van der Waals surface area contributed by atoms with Crippen molar-refractivity contribution in [3.63, 3.8) is 0 Å². The molecule has 2 heterocycles. The van der Waals surface area contributed by atoms with Crippen molar-refractivity contribution >= 4 is 43.5 Å². The van der Waals surface area contributed by atoms with Crippen LogP contribution in [0.4, 0.5) is 0 Å². The molecule has 2 amide bonds. The van der Waals surface area contributed by atoms with Gasteiger partial charge in [0.25, 0.3) is 0 Å². The normalized spacial score (nSPS) is 20.4. The van der Waals surface area contributed by atoms with E-state index in [9.17, 15) is 59.1 Å². The van der Waals surface area contributed by atoms with E-state index in [0.29, 0.717) is 51.4 Å². The smallest absolute Gasteiger partial charge is 0.462 e. The number of amides is 2. The van der Waals surface area contributed by atoms with Gasteiger partial charge in [-0.25, -0.2) is 4.57 Å². The highest BCUT2D eigenvalue weighted by atomic mass is 31.2. The lowest BCUT2D eigenvalue weighted by molar-refractivity contribution is -0.301. The Labute approximate surface area is 733 Å². The summed E-state index contributed by atoms with van der Waals surface area (Å²) >= 11 is 0. The first-order valence-corrected chi connectivity index (χ1v) is 51.5. The van der Waals surface area contributed by atoms with Crippen LogP contribution in [0.15, 0.2) is 0 Å². The maximum absolute atomic E-state index is 15.2. The fourth-order valence-corrected chi connectivity index (χ4v) is 17.3. The molecule has 0 spiro atoms. The largest absolute Gasteiger partial charge is 0.470 e. The molecule has 0 aromatic carbocycles. The van der Waals surface area contributed by atoms with Crippen LogP contribution in [0.5, 0.6) is 0 Å². The van der Waals surface area contributed by atoms with Crippen molar-refractivity contribution in [1.82, 2.24) is 10.6 Å². The number of ether oxygens (including phenoxy) is 7. The Morgan fingerprint density at radius 1 is 0.347 bits per heavy atom. The van der Waals surface area contributed by atoms with Crippen molar-refractivity contribution in [2.75, 3.05) is 13.2 Å². The molecule has 0 aromatic rings. The first-order valence-electron chi connectivity index (χ1n) is 50.0. The molecular weight excluding hydrogens is 1560 g/mol. The van der Waals surface area contributed by atoms with Crippen molar-refractivity contribution in [2.24, 2.45) is 0 Å². The lowest BCUT2D eigenvalue weighted by atomic mass is 9.94. The Morgan fingerprint density at radius 2 is 0.653 bits per heavy atom. The predicted octanol–water partition coefficient (Wildman–Crippen LogP) is 21.3. The van der Waals surface area contributed by atoms with Gasteiger partial charge in [0.2, 0.25) is 11.8 Å². The number of nitrogens with one attached hydrogen (secondary N) is 2. The van der Waals surface area contributed by atoms with Crippen molar-refractivity contribution < 1.29 is 106 Å². The van der Waals surface area contributed by atoms with Gasteiger partial charge in [0.05, 0.1) is 57.1 Å². The summed E-state index contributed by atoms with van der Waals surface area (Å²) in [6.45, 7) is 11.3. The molecule has 14 atom stereocenters. The Morgan fingerprint density at radius 3 is 1.02 bits per heavy atom. The highest BCUT2D eigenvalue weighted by molar-refractivity contribution is 7.46. The Balaban J connectivity index is 2.79. The number of phosphoric ester groups is 1. The van der Waals surface area contributed by atoms with Crippen LogP contribution >= 0.6 is 7.82 Å². The van der Waals surface area contributed by atoms with Crippen LogP contribution in [-0.2, 0) is 71.0 Å². The highest BCUT2D eigenvalue weighted by Crippen LogP contribution is 2.43. The Kier molecular flexibility index (Phi) is 72.0. The second kappa shape index (κ2) is 76.6. The molecule has 0 aromatic heterocycles. The van der Waals surface area contributed by atoms with Gasteiger partial charge in [-0.3, -0.25) is 33.3 Å². The van der Waals surface area contributed by atoms with Gasteiger partial charge in [0, 0.05) is 12.8 Å². The topological polar surface area (TPSA) is 359 Å². The van der Waals surface area contributed by atoms with Crippen molar-refractivity contribution in [2.45, 2.75) is 564 Å². The molecule has 2 fully saturated rings. The second-order valence-electron chi connectivity index (χ2n) is 35.7. The van der Waals surface area contributed by atoms with E-state index in [2.05, 4.69) is 52.2 Å². The van der Waals surface area contributed by atoms with Crippen LogP contribution in [0.25, 0.3) is 0 Å². The minimum Gasteiger partial charge on any atom is -0.462 e. The number of aliphatic hydroxyl groups is 5. The molecule has 2 rings (SSSR count). The summed E-state index contributed by atoms with van der Waals surface area (Å²) in [7, 11) is -5.64. The molecule has 2 aliphatic heterocycles. The van der Waals surface area contributed by atoms with Crippen LogP contribution in [0.1, 0.15) is 478 Å². The molecule has 25 heteroatoms. The highest BCUT2D eigenvalue weighted by Gasteiger charge is 2.54. The van der Waals surface area contributed by atoms with Crippen LogP contribution in [0.2, 0.25) is 0 Å². The zero-order valence-electron chi connectivity index (χ0n) is 77.3. The SMILES string of the molecule is CCCCCCCCCCCCCC(=O)O[C@H](CCCCCCCCCCC)CC(=O)N[C@H]1[C@H](OC[C@H]2O[C@H](O)[C@H](O)C(NC(=O)C[C@H](O)CCCCCCCCCCC)[C@H]2OC(=O)C[C@H](O)CCCCCCCCCCC)O[C@H](CO)[C@H](OP(=O)(O)O)[C@@H]1OC(=O)C[C@@H](CCCCCCCCCCC)OC(=O)CCCCCCCCCCCCC. The zero-order valence-corrected chi connectivity index (χ0v) is 78.2. The van der Waals surface area contributed by atoms with Crippen LogP contribution in [-0.4, -0.2) is 170 Å². The van der Waals surface area contributed by atoms with E-state index >= 15 is 9.59 Å². The second-order valence-corrected chi connectivity index (χ2v) is 36.8. The van der Waals surface area contributed by atoms with E-state index in [0.717, 1.165) is 212 Å². The molecule has 712 valence electrons. The van der Waals surface area contributed by atoms with E-state index in [4.69, 9.17) is 37.7 Å². The van der Waals surface area contributed by atoms with Crippen molar-refractivity contribution in [1.29, 1.82) is 0 Å². The van der Waals surface area contributed by atoms with Crippen LogP contribution in [0, 0.1) is 0 Å². The van der Waals surface area contributed by atoms with Crippen molar-refractivity contribution in [3.05, 3.63) is 0 Å². The number of hydrogen-bond acceptors (Lipinski definition) is 20. The third kappa shape index (κ3) is 60.9. The average Bonchev–Trinajstić information content (AvgIpc) is 0.773. The quantitative estimate of drug-likeness (QED) is 0.0118. The number of phosphoric acid groups is 1. The number of carbonyl (C=O) groups is 6. The Bertz CT molecular complexity index is 2550. The van der Waals surface area contributed by atoms with Crippen LogP contribution < -0.4 is 10.6 Å². The van der Waals surface area contributed by atoms with E-state index in [-0.39, 0.29) is 25.7 Å². The molecule has 2 saturated heterocycles. The minimum absolute atomic E-state index is 0.108. The molecule has 9 N–H and O–H groups in total. The first kappa shape index (κ1) is 114. The third-order valence-corrected chi connectivity index (χ3v) is 24.7. The average molecular weight is 1750 g/mol. The van der Waals surface area contributed by atoms with Gasteiger partial charge < -0.3 is 79.1 Å². The number of carbonyl (C=O) groups excluding carboxylic acids is 6. The van der Waals surface area contributed by atoms with Gasteiger partial charge in [-0.2, -0.15) is 0 Å². The van der Waals surface area contributed by atoms with Gasteiger partial charge in [-0.1, -0.05) is 388 Å². The van der Waals surface area contributed by atoms with Gasteiger partial charge in [-0.15, -0.1) is 0 Å². The number of unbranched alkanes of at least 4 members (excludes halogenated alkanes) is 52. The van der Waals surface area contributed by atoms with Gasteiger partial charge >= 0.3 is 31.7 Å². The molecule has 121 heavy (non-hydrogen) atoms. The third-order valence-electron chi connectivity index (χ3n) is 24.1. The Hall–Kier alpha value is -3.39. The summed E-state index contributed by atoms with van der Waals surface area (Å²) in [6, 6.07) is -3.49. The molecule has 0 saturated carbocycles. The van der Waals surface area contributed by atoms with E-state index in [1.165, 1.54) is 122 Å². The monoisotopic (exact) mass is 1750 g/mol. The fraction of sp³-hybridized carbons (Fsp3) is 0.938. The summed E-state index contributed by atoms with van der Waals surface area (Å²) in [5.41, 5.74) is 0. The summed E-state index contributed by atoms with van der Waals surface area (Å²) in [6.07, 6.45) is 40.3. The maximum atomic E-state index is 15.2. The predicted molar refractivity (Wildman–Crippen MR) is 479 cm³/mol. The number of rotatable bonds is 84. The minimum atomic E-state index is -5.64. The molecule has 0 aliphatic carbocycles. The van der Waals surface area contributed by atoms with E-state index < -0.39 is 168 Å². The lowest BCUT2D eigenvalue weighted by Crippen LogP contribution is -2.68. The van der Waals surface area contributed by atoms with E-state index in [1.54, 1.807) is 0 Å².